The molecule has 0 bridgehead atoms. The van der Waals surface area contributed by atoms with E-state index in [0.717, 1.165) is 54.2 Å². The molecule has 0 saturated carbocycles. The molecule has 0 spiro atoms. The van der Waals surface area contributed by atoms with Crippen molar-refractivity contribution in [3.05, 3.63) is 92.9 Å². The van der Waals surface area contributed by atoms with Gasteiger partial charge in [-0.2, -0.15) is 0 Å². The predicted octanol–water partition coefficient (Wildman–Crippen LogP) is 4.82. The molecule has 0 aliphatic carbocycles. The zero-order valence-electron chi connectivity index (χ0n) is 20.4. The lowest BCUT2D eigenvalue weighted by atomic mass is 9.87. The number of thiazole rings is 1. The summed E-state index contributed by atoms with van der Waals surface area (Å²) >= 11 is 1.69. The molecule has 0 radical (unpaired) electrons. The number of amides is 2. The maximum Gasteiger partial charge on any atom is 0.253 e. The number of carbonyl (C=O) groups is 2. The van der Waals surface area contributed by atoms with Gasteiger partial charge in [-0.1, -0.05) is 29.8 Å². The number of nitrogens with two attached hydrogens (primary N) is 1. The van der Waals surface area contributed by atoms with Crippen LogP contribution in [0.4, 0.5) is 0 Å². The first kappa shape index (κ1) is 24.8. The number of primary amides is 1. The zero-order valence-corrected chi connectivity index (χ0v) is 21.2. The van der Waals surface area contributed by atoms with Crippen molar-refractivity contribution >= 4 is 28.7 Å². The minimum absolute atomic E-state index is 0.0435. The molecule has 182 valence electrons. The highest BCUT2D eigenvalue weighted by Crippen LogP contribution is 2.33. The molecule has 2 amide bonds. The van der Waals surface area contributed by atoms with Crippen LogP contribution < -0.4 is 5.73 Å². The van der Waals surface area contributed by atoms with Crippen molar-refractivity contribution in [3.8, 4) is 0 Å². The van der Waals surface area contributed by atoms with Crippen molar-refractivity contribution in [2.45, 2.75) is 33.2 Å². The highest BCUT2D eigenvalue weighted by Gasteiger charge is 2.21. The lowest BCUT2D eigenvalue weighted by Gasteiger charge is -2.29. The van der Waals surface area contributed by atoms with E-state index in [1.807, 2.05) is 72.8 Å². The van der Waals surface area contributed by atoms with Gasteiger partial charge >= 0.3 is 0 Å². The van der Waals surface area contributed by atoms with Gasteiger partial charge in [0.05, 0.1) is 6.54 Å². The summed E-state index contributed by atoms with van der Waals surface area (Å²) in [4.78, 5) is 33.4. The maximum atomic E-state index is 12.8. The fraction of sp³-hybridized carbons (Fsp3) is 0.321. The molecule has 0 atom stereocenters. The largest absolute Gasteiger partial charge is 0.366 e. The lowest BCUT2D eigenvalue weighted by Crippen LogP contribution is -2.30. The van der Waals surface area contributed by atoms with Gasteiger partial charge < -0.3 is 10.6 Å². The summed E-state index contributed by atoms with van der Waals surface area (Å²) in [5.41, 5.74) is 11.3. The summed E-state index contributed by atoms with van der Waals surface area (Å²) in [7, 11) is 0. The number of nitrogens with zero attached hydrogens (tertiary/aromatic N) is 3. The van der Waals surface area contributed by atoms with Gasteiger partial charge in [-0.3, -0.25) is 14.5 Å². The highest BCUT2D eigenvalue weighted by molar-refractivity contribution is 7.09. The van der Waals surface area contributed by atoms with Crippen molar-refractivity contribution in [3.63, 3.8) is 0 Å². The Morgan fingerprint density at radius 1 is 0.971 bits per heavy atom. The van der Waals surface area contributed by atoms with Gasteiger partial charge in [0.15, 0.2) is 0 Å². The van der Waals surface area contributed by atoms with Gasteiger partial charge in [-0.15, -0.1) is 11.3 Å². The van der Waals surface area contributed by atoms with Gasteiger partial charge in [0.25, 0.3) is 5.91 Å². The molecule has 2 N–H and O–H groups in total. The van der Waals surface area contributed by atoms with Gasteiger partial charge in [-0.05, 0) is 67.7 Å². The quantitative estimate of drug-likeness (QED) is 0.493. The van der Waals surface area contributed by atoms with E-state index in [1.54, 1.807) is 17.4 Å². The normalized spacial score (nSPS) is 14.1. The van der Waals surface area contributed by atoms with Crippen molar-refractivity contribution < 1.29 is 9.59 Å². The van der Waals surface area contributed by atoms with Crippen LogP contribution in [0.25, 0.3) is 5.57 Å². The highest BCUT2D eigenvalue weighted by atomic mass is 32.1. The molecule has 35 heavy (non-hydrogen) atoms. The standard InChI is InChI=1S/C28H32N4O2S/c1-3-32(4-2)28(34)22-10-8-20(9-11-22)26(23-6-5-7-24(18-23)27(29)33)21-12-15-31(16-13-21)19-25-30-14-17-35-25/h5-11,14,17-18H,3-4,12-13,15-16,19H2,1-2H3,(H2,29,33). The SMILES string of the molecule is CCN(CC)C(=O)c1ccc(C(=C2CCN(Cc3nccs3)CC2)c2cccc(C(N)=O)c2)cc1. The van der Waals surface area contributed by atoms with Crippen LogP contribution >= 0.6 is 11.3 Å². The Balaban J connectivity index is 1.66. The van der Waals surface area contributed by atoms with Crippen LogP contribution in [0.3, 0.4) is 0 Å². The molecule has 6 nitrogen and oxygen atoms in total. The van der Waals surface area contributed by atoms with Crippen molar-refractivity contribution in [2.75, 3.05) is 26.2 Å². The first-order valence-corrected chi connectivity index (χ1v) is 13.0. The zero-order chi connectivity index (χ0) is 24.8. The Bertz CT molecular complexity index is 1190. The minimum atomic E-state index is -0.436. The van der Waals surface area contributed by atoms with E-state index in [9.17, 15) is 9.59 Å². The first-order chi connectivity index (χ1) is 17.0. The molecule has 1 fully saturated rings. The van der Waals surface area contributed by atoms with Crippen molar-refractivity contribution in [1.29, 1.82) is 0 Å². The van der Waals surface area contributed by atoms with Crippen molar-refractivity contribution in [2.24, 2.45) is 5.73 Å². The molecular formula is C28H32N4O2S. The molecule has 0 unspecified atom stereocenters. The van der Waals surface area contributed by atoms with E-state index >= 15 is 0 Å². The second kappa shape index (κ2) is 11.4. The third kappa shape index (κ3) is 5.86. The molecule has 1 aromatic heterocycles. The number of aromatic nitrogens is 1. The van der Waals surface area contributed by atoms with Gasteiger partial charge in [0.1, 0.15) is 5.01 Å². The van der Waals surface area contributed by atoms with E-state index < -0.39 is 5.91 Å². The summed E-state index contributed by atoms with van der Waals surface area (Å²) in [5, 5.41) is 3.16. The van der Waals surface area contributed by atoms with Gasteiger partial charge in [-0.25, -0.2) is 4.98 Å². The summed E-state index contributed by atoms with van der Waals surface area (Å²) in [6.45, 7) is 8.13. The second-order valence-corrected chi connectivity index (χ2v) is 9.66. The maximum absolute atomic E-state index is 12.8. The molecule has 1 aliphatic heterocycles. The molecule has 7 heteroatoms. The molecule has 3 aromatic rings. The van der Waals surface area contributed by atoms with E-state index in [0.29, 0.717) is 24.2 Å². The van der Waals surface area contributed by atoms with E-state index in [4.69, 9.17) is 5.73 Å². The number of benzene rings is 2. The van der Waals surface area contributed by atoms with E-state index in [1.165, 1.54) is 5.57 Å². The summed E-state index contributed by atoms with van der Waals surface area (Å²) < 4.78 is 0. The summed E-state index contributed by atoms with van der Waals surface area (Å²) in [6, 6.07) is 15.4. The molecule has 1 saturated heterocycles. The number of rotatable bonds is 8. The van der Waals surface area contributed by atoms with E-state index in [-0.39, 0.29) is 5.91 Å². The van der Waals surface area contributed by atoms with Crippen LogP contribution in [-0.4, -0.2) is 52.8 Å². The van der Waals surface area contributed by atoms with E-state index in [2.05, 4.69) is 9.88 Å². The Labute approximate surface area is 211 Å². The number of likely N-dealkylation sites (tertiary alicyclic amines) is 1. The predicted molar refractivity (Wildman–Crippen MR) is 141 cm³/mol. The minimum Gasteiger partial charge on any atom is -0.366 e. The molecule has 2 heterocycles. The summed E-state index contributed by atoms with van der Waals surface area (Å²) in [6.07, 6.45) is 3.72. The average molecular weight is 489 g/mol. The smallest absolute Gasteiger partial charge is 0.253 e. The Hall–Kier alpha value is -3.29. The molecule has 4 rings (SSSR count). The first-order valence-electron chi connectivity index (χ1n) is 12.1. The number of hydrogen-bond donors (Lipinski definition) is 1. The third-order valence-electron chi connectivity index (χ3n) is 6.56. The molecule has 2 aromatic carbocycles. The fourth-order valence-corrected chi connectivity index (χ4v) is 5.29. The topological polar surface area (TPSA) is 79.5 Å². The van der Waals surface area contributed by atoms with Crippen LogP contribution in [0.2, 0.25) is 0 Å². The molecular weight excluding hydrogens is 456 g/mol. The second-order valence-electron chi connectivity index (χ2n) is 8.68. The van der Waals surface area contributed by atoms with Crippen LogP contribution in [0, 0.1) is 0 Å². The van der Waals surface area contributed by atoms with Gasteiger partial charge in [0, 0.05) is 48.9 Å². The van der Waals surface area contributed by atoms with Gasteiger partial charge in [0.2, 0.25) is 5.91 Å². The number of hydrogen-bond acceptors (Lipinski definition) is 5. The van der Waals surface area contributed by atoms with Crippen LogP contribution in [-0.2, 0) is 6.54 Å². The Kier molecular flexibility index (Phi) is 8.10. The van der Waals surface area contributed by atoms with Crippen LogP contribution in [0.15, 0.2) is 65.7 Å². The fourth-order valence-electron chi connectivity index (χ4n) is 4.63. The average Bonchev–Trinajstić information content (AvgIpc) is 3.39. The van der Waals surface area contributed by atoms with Crippen LogP contribution in [0.1, 0.15) is 63.5 Å². The Morgan fingerprint density at radius 3 is 2.23 bits per heavy atom. The molecule has 1 aliphatic rings. The number of piperidine rings is 1. The monoisotopic (exact) mass is 488 g/mol. The Morgan fingerprint density at radius 2 is 1.63 bits per heavy atom. The lowest BCUT2D eigenvalue weighted by molar-refractivity contribution is 0.0772. The van der Waals surface area contributed by atoms with Crippen LogP contribution in [0.5, 0.6) is 0 Å². The number of carbonyl (C=O) groups excluding carboxylic acids is 2. The summed E-state index contributed by atoms with van der Waals surface area (Å²) in [5.74, 6) is -0.392. The van der Waals surface area contributed by atoms with Crippen molar-refractivity contribution in [1.82, 2.24) is 14.8 Å². The third-order valence-corrected chi connectivity index (χ3v) is 7.33.